The van der Waals surface area contributed by atoms with Gasteiger partial charge in [-0.25, -0.2) is 4.98 Å². The molecule has 0 spiro atoms. The highest BCUT2D eigenvalue weighted by molar-refractivity contribution is 7.13. The Labute approximate surface area is 73.4 Å². The highest BCUT2D eigenvalue weighted by Crippen LogP contribution is 2.24. The van der Waals surface area contributed by atoms with E-state index in [0.717, 1.165) is 10.6 Å². The Morgan fingerprint density at radius 3 is 2.92 bits per heavy atom. The molecule has 2 aromatic rings. The summed E-state index contributed by atoms with van der Waals surface area (Å²) in [4.78, 5) is 7.87. The van der Waals surface area contributed by atoms with Crippen molar-refractivity contribution in [2.75, 3.05) is 0 Å². The van der Waals surface area contributed by atoms with E-state index in [1.807, 2.05) is 12.1 Å². The molecule has 0 aliphatic heterocycles. The van der Waals surface area contributed by atoms with Crippen molar-refractivity contribution >= 4 is 11.3 Å². The highest BCUT2D eigenvalue weighted by Gasteiger charge is 2.01. The molecular formula is C8H6N2OS. The standard InChI is InChI=1S/C8H6N2OS/c11-7-5-12-8(10-7)6-2-1-3-9-4-6/h1-5,11H. The van der Waals surface area contributed by atoms with E-state index in [9.17, 15) is 0 Å². The van der Waals surface area contributed by atoms with Gasteiger partial charge in [0.25, 0.3) is 0 Å². The summed E-state index contributed by atoms with van der Waals surface area (Å²) < 4.78 is 0. The van der Waals surface area contributed by atoms with Gasteiger partial charge in [-0.05, 0) is 12.1 Å². The first-order chi connectivity index (χ1) is 5.86. The van der Waals surface area contributed by atoms with Crippen LogP contribution in [-0.2, 0) is 0 Å². The predicted octanol–water partition coefficient (Wildman–Crippen LogP) is 1.91. The number of hydrogen-bond donors (Lipinski definition) is 1. The Morgan fingerprint density at radius 2 is 2.33 bits per heavy atom. The van der Waals surface area contributed by atoms with Crippen LogP contribution in [0.25, 0.3) is 10.6 Å². The SMILES string of the molecule is Oc1csc(-c2cccnc2)n1. The van der Waals surface area contributed by atoms with Crippen LogP contribution in [0.1, 0.15) is 0 Å². The Bertz CT molecular complexity index is 372. The molecule has 60 valence electrons. The summed E-state index contributed by atoms with van der Waals surface area (Å²) in [6.45, 7) is 0. The average Bonchev–Trinajstić information content (AvgIpc) is 2.54. The molecule has 0 fully saturated rings. The maximum Gasteiger partial charge on any atom is 0.222 e. The molecule has 0 amide bonds. The van der Waals surface area contributed by atoms with Gasteiger partial charge in [-0.3, -0.25) is 4.98 Å². The van der Waals surface area contributed by atoms with Crippen LogP contribution in [0.4, 0.5) is 0 Å². The maximum absolute atomic E-state index is 8.99. The van der Waals surface area contributed by atoms with E-state index in [4.69, 9.17) is 5.11 Å². The van der Waals surface area contributed by atoms with Crippen molar-refractivity contribution in [2.24, 2.45) is 0 Å². The van der Waals surface area contributed by atoms with Gasteiger partial charge in [0, 0.05) is 18.0 Å². The van der Waals surface area contributed by atoms with Gasteiger partial charge in [-0.2, -0.15) is 0 Å². The van der Waals surface area contributed by atoms with Crippen LogP contribution in [0.2, 0.25) is 0 Å². The van der Waals surface area contributed by atoms with Crippen LogP contribution >= 0.6 is 11.3 Å². The third-order valence-electron chi connectivity index (χ3n) is 1.40. The van der Waals surface area contributed by atoms with E-state index in [1.54, 1.807) is 17.8 Å². The Hall–Kier alpha value is -1.42. The highest BCUT2D eigenvalue weighted by atomic mass is 32.1. The fourth-order valence-electron chi connectivity index (χ4n) is 0.887. The second-order valence-electron chi connectivity index (χ2n) is 2.25. The van der Waals surface area contributed by atoms with Gasteiger partial charge < -0.3 is 5.11 Å². The number of hydrogen-bond acceptors (Lipinski definition) is 4. The minimum atomic E-state index is 0.0684. The van der Waals surface area contributed by atoms with E-state index < -0.39 is 0 Å². The van der Waals surface area contributed by atoms with Gasteiger partial charge in [-0.1, -0.05) is 0 Å². The largest absolute Gasteiger partial charge is 0.493 e. The molecule has 3 nitrogen and oxygen atoms in total. The number of thiazole rings is 1. The van der Waals surface area contributed by atoms with E-state index in [2.05, 4.69) is 9.97 Å². The van der Waals surface area contributed by atoms with Crippen molar-refractivity contribution in [3.8, 4) is 16.5 Å². The Balaban J connectivity index is 2.45. The molecule has 0 aliphatic rings. The van der Waals surface area contributed by atoms with Crippen molar-refractivity contribution in [3.63, 3.8) is 0 Å². The van der Waals surface area contributed by atoms with Crippen molar-refractivity contribution in [3.05, 3.63) is 29.9 Å². The third kappa shape index (κ3) is 1.29. The van der Waals surface area contributed by atoms with Gasteiger partial charge in [-0.15, -0.1) is 11.3 Å². The number of aromatic nitrogens is 2. The third-order valence-corrected chi connectivity index (χ3v) is 2.28. The van der Waals surface area contributed by atoms with E-state index in [1.165, 1.54) is 11.3 Å². The first-order valence-corrected chi connectivity index (χ1v) is 4.29. The zero-order chi connectivity index (χ0) is 8.39. The summed E-state index contributed by atoms with van der Waals surface area (Å²) in [5.41, 5.74) is 0.933. The zero-order valence-corrected chi connectivity index (χ0v) is 6.95. The molecule has 0 saturated carbocycles. The molecular weight excluding hydrogens is 172 g/mol. The van der Waals surface area contributed by atoms with Crippen LogP contribution in [0, 0.1) is 0 Å². The zero-order valence-electron chi connectivity index (χ0n) is 6.14. The summed E-state index contributed by atoms with van der Waals surface area (Å²) in [5.74, 6) is 0.0684. The first kappa shape index (κ1) is 7.24. The second-order valence-corrected chi connectivity index (χ2v) is 3.11. The topological polar surface area (TPSA) is 46.0 Å². The molecule has 0 bridgehead atoms. The van der Waals surface area contributed by atoms with Crippen molar-refractivity contribution < 1.29 is 5.11 Å². The van der Waals surface area contributed by atoms with Crippen LogP contribution < -0.4 is 0 Å². The lowest BCUT2D eigenvalue weighted by molar-refractivity contribution is 0.458. The molecule has 12 heavy (non-hydrogen) atoms. The Morgan fingerprint density at radius 1 is 1.42 bits per heavy atom. The quantitative estimate of drug-likeness (QED) is 0.725. The minimum absolute atomic E-state index is 0.0684. The molecule has 0 saturated heterocycles. The van der Waals surface area contributed by atoms with Crippen molar-refractivity contribution in [1.82, 2.24) is 9.97 Å². The van der Waals surface area contributed by atoms with Crippen LogP contribution in [-0.4, -0.2) is 15.1 Å². The molecule has 2 heterocycles. The summed E-state index contributed by atoms with van der Waals surface area (Å²) in [6.07, 6.45) is 3.43. The summed E-state index contributed by atoms with van der Waals surface area (Å²) >= 11 is 1.40. The Kier molecular flexibility index (Phi) is 1.75. The average molecular weight is 178 g/mol. The predicted molar refractivity (Wildman–Crippen MR) is 47.0 cm³/mol. The fourth-order valence-corrected chi connectivity index (χ4v) is 1.56. The van der Waals surface area contributed by atoms with Gasteiger partial charge in [0.1, 0.15) is 5.01 Å². The van der Waals surface area contributed by atoms with Crippen molar-refractivity contribution in [2.45, 2.75) is 0 Å². The molecule has 0 atom stereocenters. The van der Waals surface area contributed by atoms with Crippen LogP contribution in [0.3, 0.4) is 0 Å². The van der Waals surface area contributed by atoms with E-state index in [0.29, 0.717) is 0 Å². The molecule has 2 aromatic heterocycles. The fraction of sp³-hybridized carbons (Fsp3) is 0. The molecule has 0 unspecified atom stereocenters. The molecule has 0 aromatic carbocycles. The number of rotatable bonds is 1. The lowest BCUT2D eigenvalue weighted by atomic mass is 10.3. The van der Waals surface area contributed by atoms with E-state index >= 15 is 0 Å². The lowest BCUT2D eigenvalue weighted by Gasteiger charge is -1.91. The van der Waals surface area contributed by atoms with Gasteiger partial charge in [0.05, 0.1) is 5.38 Å². The summed E-state index contributed by atoms with van der Waals surface area (Å²) in [6, 6.07) is 3.75. The van der Waals surface area contributed by atoms with Crippen LogP contribution in [0.5, 0.6) is 5.88 Å². The summed E-state index contributed by atoms with van der Waals surface area (Å²) in [5, 5.41) is 11.4. The summed E-state index contributed by atoms with van der Waals surface area (Å²) in [7, 11) is 0. The number of aromatic hydroxyl groups is 1. The molecule has 4 heteroatoms. The molecule has 1 N–H and O–H groups in total. The van der Waals surface area contributed by atoms with Gasteiger partial charge in [0.15, 0.2) is 0 Å². The smallest absolute Gasteiger partial charge is 0.222 e. The number of pyridine rings is 1. The number of nitrogens with zero attached hydrogens (tertiary/aromatic N) is 2. The lowest BCUT2D eigenvalue weighted by Crippen LogP contribution is -1.75. The first-order valence-electron chi connectivity index (χ1n) is 3.41. The second kappa shape index (κ2) is 2.91. The van der Waals surface area contributed by atoms with Crippen molar-refractivity contribution in [1.29, 1.82) is 0 Å². The van der Waals surface area contributed by atoms with Gasteiger partial charge >= 0.3 is 0 Å². The molecule has 0 radical (unpaired) electrons. The molecule has 0 aliphatic carbocycles. The molecule has 2 rings (SSSR count). The van der Waals surface area contributed by atoms with E-state index in [-0.39, 0.29) is 5.88 Å². The van der Waals surface area contributed by atoms with Gasteiger partial charge in [0.2, 0.25) is 5.88 Å². The monoisotopic (exact) mass is 178 g/mol. The maximum atomic E-state index is 8.99. The normalized spacial score (nSPS) is 10.0. The van der Waals surface area contributed by atoms with Crippen LogP contribution in [0.15, 0.2) is 29.9 Å². The minimum Gasteiger partial charge on any atom is -0.493 e.